The molecule has 1 aliphatic heterocycles. The number of piperidine rings is 1. The standard InChI is InChI=1S/C19H20ClNO/c20-18-11-5-4-10-17(18)19(22)16-9-6-12-21(14-16)13-15-7-2-1-3-8-15/h1-5,7-8,10-11,16H,6,9,12-14H2. The molecule has 1 fully saturated rings. The molecule has 0 N–H and O–H groups in total. The largest absolute Gasteiger partial charge is 0.298 e. The van der Waals surface area contributed by atoms with Crippen molar-refractivity contribution in [2.24, 2.45) is 5.92 Å². The monoisotopic (exact) mass is 313 g/mol. The molecule has 1 saturated heterocycles. The summed E-state index contributed by atoms with van der Waals surface area (Å²) in [5.74, 6) is 0.237. The third-order valence-electron chi connectivity index (χ3n) is 4.26. The number of nitrogens with zero attached hydrogens (tertiary/aromatic N) is 1. The van der Waals surface area contributed by atoms with Crippen LogP contribution in [-0.2, 0) is 6.54 Å². The molecule has 0 aliphatic carbocycles. The zero-order valence-corrected chi connectivity index (χ0v) is 13.3. The average molecular weight is 314 g/mol. The first-order valence-electron chi connectivity index (χ1n) is 7.79. The van der Waals surface area contributed by atoms with Crippen molar-refractivity contribution in [3.63, 3.8) is 0 Å². The van der Waals surface area contributed by atoms with E-state index in [1.807, 2.05) is 24.3 Å². The highest BCUT2D eigenvalue weighted by Gasteiger charge is 2.27. The third-order valence-corrected chi connectivity index (χ3v) is 4.59. The van der Waals surface area contributed by atoms with E-state index < -0.39 is 0 Å². The van der Waals surface area contributed by atoms with Crippen molar-refractivity contribution in [1.82, 2.24) is 4.90 Å². The summed E-state index contributed by atoms with van der Waals surface area (Å²) in [6, 6.07) is 17.8. The Bertz CT molecular complexity index is 641. The molecule has 2 aromatic carbocycles. The highest BCUT2D eigenvalue weighted by atomic mass is 35.5. The van der Waals surface area contributed by atoms with Crippen LogP contribution in [0.15, 0.2) is 54.6 Å². The molecule has 2 nitrogen and oxygen atoms in total. The van der Waals surface area contributed by atoms with Crippen molar-refractivity contribution < 1.29 is 4.79 Å². The lowest BCUT2D eigenvalue weighted by Gasteiger charge is -2.32. The number of hydrogen-bond donors (Lipinski definition) is 0. The van der Waals surface area contributed by atoms with Gasteiger partial charge in [-0.2, -0.15) is 0 Å². The van der Waals surface area contributed by atoms with Crippen LogP contribution in [0.1, 0.15) is 28.8 Å². The molecule has 0 radical (unpaired) electrons. The van der Waals surface area contributed by atoms with Gasteiger partial charge in [-0.25, -0.2) is 0 Å². The molecule has 0 saturated carbocycles. The fraction of sp³-hybridized carbons (Fsp3) is 0.316. The summed E-state index contributed by atoms with van der Waals surface area (Å²) >= 11 is 6.17. The minimum absolute atomic E-state index is 0.0531. The number of likely N-dealkylation sites (tertiary alicyclic amines) is 1. The number of carbonyl (C=O) groups excluding carboxylic acids is 1. The van der Waals surface area contributed by atoms with Gasteiger partial charge in [-0.3, -0.25) is 9.69 Å². The lowest BCUT2D eigenvalue weighted by atomic mass is 9.90. The van der Waals surface area contributed by atoms with E-state index in [0.29, 0.717) is 10.6 Å². The number of halogens is 1. The van der Waals surface area contributed by atoms with E-state index in [0.717, 1.165) is 32.5 Å². The van der Waals surface area contributed by atoms with E-state index in [-0.39, 0.29) is 11.7 Å². The van der Waals surface area contributed by atoms with E-state index in [9.17, 15) is 4.79 Å². The zero-order valence-electron chi connectivity index (χ0n) is 12.5. The van der Waals surface area contributed by atoms with Gasteiger partial charge in [0.05, 0.1) is 5.02 Å². The van der Waals surface area contributed by atoms with E-state index >= 15 is 0 Å². The highest BCUT2D eigenvalue weighted by Crippen LogP contribution is 2.25. The molecule has 0 spiro atoms. The van der Waals surface area contributed by atoms with Gasteiger partial charge in [0.2, 0.25) is 0 Å². The van der Waals surface area contributed by atoms with Crippen molar-refractivity contribution in [3.8, 4) is 0 Å². The number of hydrogen-bond acceptors (Lipinski definition) is 2. The first-order valence-corrected chi connectivity index (χ1v) is 8.17. The van der Waals surface area contributed by atoms with Crippen LogP contribution >= 0.6 is 11.6 Å². The second-order valence-corrected chi connectivity index (χ2v) is 6.31. The minimum atomic E-state index is 0.0531. The fourth-order valence-electron chi connectivity index (χ4n) is 3.14. The predicted octanol–water partition coefficient (Wildman–Crippen LogP) is 4.43. The fourth-order valence-corrected chi connectivity index (χ4v) is 3.36. The Balaban J connectivity index is 1.68. The molecule has 1 heterocycles. The first-order chi connectivity index (χ1) is 10.7. The summed E-state index contributed by atoms with van der Waals surface area (Å²) in [6.07, 6.45) is 2.02. The van der Waals surface area contributed by atoms with Gasteiger partial charge in [0.25, 0.3) is 0 Å². The van der Waals surface area contributed by atoms with Crippen LogP contribution in [0.5, 0.6) is 0 Å². The second kappa shape index (κ2) is 7.08. The van der Waals surface area contributed by atoms with Crippen LogP contribution in [0.25, 0.3) is 0 Å². The van der Waals surface area contributed by atoms with Crippen molar-refractivity contribution >= 4 is 17.4 Å². The van der Waals surface area contributed by atoms with E-state index in [1.54, 1.807) is 6.07 Å². The van der Waals surface area contributed by atoms with E-state index in [2.05, 4.69) is 29.2 Å². The molecule has 1 unspecified atom stereocenters. The number of carbonyl (C=O) groups is 1. The van der Waals surface area contributed by atoms with Gasteiger partial charge in [0.15, 0.2) is 5.78 Å². The molecule has 1 aliphatic rings. The molecule has 3 rings (SSSR count). The normalized spacial score (nSPS) is 19.0. The lowest BCUT2D eigenvalue weighted by Crippen LogP contribution is -2.38. The summed E-state index contributed by atoms with van der Waals surface area (Å²) in [5, 5.41) is 0.563. The third kappa shape index (κ3) is 3.57. The van der Waals surface area contributed by atoms with Crippen molar-refractivity contribution in [2.75, 3.05) is 13.1 Å². The minimum Gasteiger partial charge on any atom is -0.298 e. The molecule has 114 valence electrons. The van der Waals surface area contributed by atoms with Gasteiger partial charge in [0, 0.05) is 24.6 Å². The Morgan fingerprint density at radius 2 is 1.82 bits per heavy atom. The first kappa shape index (κ1) is 15.3. The van der Waals surface area contributed by atoms with Gasteiger partial charge < -0.3 is 0 Å². The van der Waals surface area contributed by atoms with Crippen LogP contribution in [0, 0.1) is 5.92 Å². The van der Waals surface area contributed by atoms with Crippen molar-refractivity contribution in [1.29, 1.82) is 0 Å². The summed E-state index contributed by atoms with van der Waals surface area (Å²) < 4.78 is 0. The Morgan fingerprint density at radius 3 is 2.59 bits per heavy atom. The SMILES string of the molecule is O=C(c1ccccc1Cl)C1CCCN(Cc2ccccc2)C1. The molecule has 2 aromatic rings. The maximum atomic E-state index is 12.7. The zero-order chi connectivity index (χ0) is 15.4. The Hall–Kier alpha value is -1.64. The van der Waals surface area contributed by atoms with Gasteiger partial charge in [0.1, 0.15) is 0 Å². The van der Waals surface area contributed by atoms with Crippen molar-refractivity contribution in [2.45, 2.75) is 19.4 Å². The van der Waals surface area contributed by atoms with Gasteiger partial charge in [-0.05, 0) is 37.1 Å². The summed E-state index contributed by atoms with van der Waals surface area (Å²) in [6.45, 7) is 2.79. The van der Waals surface area contributed by atoms with Gasteiger partial charge in [-0.15, -0.1) is 0 Å². The second-order valence-electron chi connectivity index (χ2n) is 5.90. The van der Waals surface area contributed by atoms with Crippen molar-refractivity contribution in [3.05, 3.63) is 70.7 Å². The highest BCUT2D eigenvalue weighted by molar-refractivity contribution is 6.34. The predicted molar refractivity (Wildman–Crippen MR) is 90.2 cm³/mol. The Morgan fingerprint density at radius 1 is 1.09 bits per heavy atom. The molecule has 0 amide bonds. The topological polar surface area (TPSA) is 20.3 Å². The van der Waals surface area contributed by atoms with E-state index in [4.69, 9.17) is 11.6 Å². The number of rotatable bonds is 4. The van der Waals surface area contributed by atoms with Crippen LogP contribution in [0.2, 0.25) is 5.02 Å². The molecular weight excluding hydrogens is 294 g/mol. The van der Waals surface area contributed by atoms with Gasteiger partial charge in [-0.1, -0.05) is 54.1 Å². The smallest absolute Gasteiger partial charge is 0.168 e. The van der Waals surface area contributed by atoms with Gasteiger partial charge >= 0.3 is 0 Å². The summed E-state index contributed by atoms with van der Waals surface area (Å²) in [4.78, 5) is 15.1. The van der Waals surface area contributed by atoms with Crippen LogP contribution in [0.3, 0.4) is 0 Å². The maximum Gasteiger partial charge on any atom is 0.168 e. The quantitative estimate of drug-likeness (QED) is 0.778. The average Bonchev–Trinajstić information content (AvgIpc) is 2.56. The Kier molecular flexibility index (Phi) is 4.91. The van der Waals surface area contributed by atoms with Crippen LogP contribution in [0.4, 0.5) is 0 Å². The molecule has 0 aromatic heterocycles. The number of ketones is 1. The van der Waals surface area contributed by atoms with E-state index in [1.165, 1.54) is 5.56 Å². The van der Waals surface area contributed by atoms with Crippen LogP contribution < -0.4 is 0 Å². The molecular formula is C19H20ClNO. The lowest BCUT2D eigenvalue weighted by molar-refractivity contribution is 0.0812. The number of benzene rings is 2. The molecule has 1 atom stereocenters. The maximum absolute atomic E-state index is 12.7. The molecule has 0 bridgehead atoms. The van der Waals surface area contributed by atoms with Crippen LogP contribution in [-0.4, -0.2) is 23.8 Å². The molecule has 22 heavy (non-hydrogen) atoms. The summed E-state index contributed by atoms with van der Waals surface area (Å²) in [5.41, 5.74) is 1.96. The number of Topliss-reactive ketones (excluding diaryl/α,β-unsaturated/α-hetero) is 1. The summed E-state index contributed by atoms with van der Waals surface area (Å²) in [7, 11) is 0. The Labute approximate surface area is 136 Å². The molecule has 3 heteroatoms.